The predicted molar refractivity (Wildman–Crippen MR) is 71.9 cm³/mol. The topological polar surface area (TPSA) is 42.4 Å². The summed E-state index contributed by atoms with van der Waals surface area (Å²) in [5.74, 6) is -0.304. The van der Waals surface area contributed by atoms with Crippen LogP contribution >= 0.6 is 15.9 Å². The summed E-state index contributed by atoms with van der Waals surface area (Å²) in [6, 6.07) is 3.23. The number of hydrogen-bond acceptors (Lipinski definition) is 3. The molecule has 0 saturated heterocycles. The van der Waals surface area contributed by atoms with Crippen molar-refractivity contribution < 1.29 is 23.0 Å². The largest absolute Gasteiger partial charge is 0.507 e. The standard InChI is InChI=1S/C13H11BrF3NO2/c1-6(2)20-12-4-8(13(15,16)17)7-3-9(14)11(19)5-10(7)18-12/h3-6,19H,1-2H3. The second-order valence-corrected chi connectivity index (χ2v) is 5.35. The fraction of sp³-hybridized carbons (Fsp3) is 0.308. The molecule has 1 aromatic carbocycles. The van der Waals surface area contributed by atoms with E-state index in [0.29, 0.717) is 0 Å². The van der Waals surface area contributed by atoms with Crippen molar-refractivity contribution in [3.8, 4) is 11.6 Å². The van der Waals surface area contributed by atoms with E-state index < -0.39 is 11.7 Å². The van der Waals surface area contributed by atoms with E-state index in [4.69, 9.17) is 4.74 Å². The molecule has 0 aliphatic heterocycles. The lowest BCUT2D eigenvalue weighted by molar-refractivity contribution is -0.136. The van der Waals surface area contributed by atoms with Gasteiger partial charge in [-0.3, -0.25) is 0 Å². The lowest BCUT2D eigenvalue weighted by Crippen LogP contribution is -2.11. The first kappa shape index (κ1) is 14.9. The Kier molecular flexibility index (Phi) is 3.82. The Labute approximate surface area is 121 Å². The van der Waals surface area contributed by atoms with E-state index in [2.05, 4.69) is 20.9 Å². The van der Waals surface area contributed by atoms with Crippen LogP contribution in [0.25, 0.3) is 10.9 Å². The van der Waals surface area contributed by atoms with Crippen molar-refractivity contribution in [2.24, 2.45) is 0 Å². The normalized spacial score (nSPS) is 12.2. The highest BCUT2D eigenvalue weighted by molar-refractivity contribution is 9.10. The zero-order chi connectivity index (χ0) is 15.1. The zero-order valence-corrected chi connectivity index (χ0v) is 12.2. The van der Waals surface area contributed by atoms with E-state index in [1.807, 2.05) is 0 Å². The maximum atomic E-state index is 13.1. The van der Waals surface area contributed by atoms with Gasteiger partial charge in [0.2, 0.25) is 5.88 Å². The number of benzene rings is 1. The number of hydrogen-bond donors (Lipinski definition) is 1. The van der Waals surface area contributed by atoms with E-state index in [1.165, 1.54) is 12.1 Å². The maximum Gasteiger partial charge on any atom is 0.417 e. The molecule has 108 valence electrons. The molecule has 1 heterocycles. The number of ether oxygens (including phenoxy) is 1. The van der Waals surface area contributed by atoms with Crippen molar-refractivity contribution in [3.05, 3.63) is 28.2 Å². The molecular formula is C13H11BrF3NO2. The summed E-state index contributed by atoms with van der Waals surface area (Å²) in [5, 5.41) is 9.48. The number of nitrogens with zero attached hydrogens (tertiary/aromatic N) is 1. The van der Waals surface area contributed by atoms with E-state index in [9.17, 15) is 18.3 Å². The first-order chi connectivity index (χ1) is 9.18. The minimum Gasteiger partial charge on any atom is -0.507 e. The average molecular weight is 350 g/mol. The summed E-state index contributed by atoms with van der Waals surface area (Å²) in [5.41, 5.74) is -0.824. The number of phenols is 1. The van der Waals surface area contributed by atoms with Gasteiger partial charge in [-0.2, -0.15) is 13.2 Å². The second-order valence-electron chi connectivity index (χ2n) is 4.49. The Morgan fingerprint density at radius 2 is 1.90 bits per heavy atom. The summed E-state index contributed by atoms with van der Waals surface area (Å²) < 4.78 is 44.7. The number of fused-ring (bicyclic) bond motifs is 1. The molecule has 20 heavy (non-hydrogen) atoms. The summed E-state index contributed by atoms with van der Waals surface area (Å²) in [7, 11) is 0. The predicted octanol–water partition coefficient (Wildman–Crippen LogP) is 4.51. The van der Waals surface area contributed by atoms with Crippen molar-refractivity contribution in [1.82, 2.24) is 4.98 Å². The van der Waals surface area contributed by atoms with Crippen molar-refractivity contribution in [2.75, 3.05) is 0 Å². The van der Waals surface area contributed by atoms with Crippen LogP contribution in [0.4, 0.5) is 13.2 Å². The number of alkyl halides is 3. The van der Waals surface area contributed by atoms with Crippen molar-refractivity contribution in [3.63, 3.8) is 0 Å². The highest BCUT2D eigenvalue weighted by Crippen LogP contribution is 2.39. The minimum atomic E-state index is -4.54. The molecule has 2 rings (SSSR count). The van der Waals surface area contributed by atoms with Crippen molar-refractivity contribution in [2.45, 2.75) is 26.1 Å². The van der Waals surface area contributed by atoms with Gasteiger partial charge in [-0.1, -0.05) is 0 Å². The third-order valence-electron chi connectivity index (χ3n) is 2.52. The van der Waals surface area contributed by atoms with Gasteiger partial charge in [0.25, 0.3) is 0 Å². The van der Waals surface area contributed by atoms with Gasteiger partial charge in [-0.05, 0) is 35.8 Å². The van der Waals surface area contributed by atoms with E-state index in [-0.39, 0.29) is 33.1 Å². The van der Waals surface area contributed by atoms with Crippen molar-refractivity contribution >= 4 is 26.8 Å². The molecule has 0 aliphatic carbocycles. The van der Waals surface area contributed by atoms with Crippen LogP contribution in [0.2, 0.25) is 0 Å². The highest BCUT2D eigenvalue weighted by atomic mass is 79.9. The van der Waals surface area contributed by atoms with E-state index in [1.54, 1.807) is 13.8 Å². The molecule has 0 bridgehead atoms. The Bertz CT molecular complexity index is 656. The fourth-order valence-electron chi connectivity index (χ4n) is 1.75. The lowest BCUT2D eigenvalue weighted by atomic mass is 10.1. The fourth-order valence-corrected chi connectivity index (χ4v) is 2.09. The number of rotatable bonds is 2. The highest BCUT2D eigenvalue weighted by Gasteiger charge is 2.34. The maximum absolute atomic E-state index is 13.1. The molecule has 0 unspecified atom stereocenters. The molecule has 3 nitrogen and oxygen atoms in total. The number of aromatic nitrogens is 1. The van der Waals surface area contributed by atoms with Gasteiger partial charge < -0.3 is 9.84 Å². The number of aromatic hydroxyl groups is 1. The van der Waals surface area contributed by atoms with Crippen LogP contribution in [0.15, 0.2) is 22.7 Å². The quantitative estimate of drug-likeness (QED) is 0.867. The number of halogens is 4. The Morgan fingerprint density at radius 3 is 2.45 bits per heavy atom. The lowest BCUT2D eigenvalue weighted by Gasteiger charge is -2.15. The summed E-state index contributed by atoms with van der Waals surface area (Å²) in [6.07, 6.45) is -4.84. The van der Waals surface area contributed by atoms with Gasteiger partial charge >= 0.3 is 6.18 Å². The molecule has 0 fully saturated rings. The van der Waals surface area contributed by atoms with Crippen LogP contribution in [0.3, 0.4) is 0 Å². The SMILES string of the molecule is CC(C)Oc1cc(C(F)(F)F)c2cc(Br)c(O)cc2n1. The molecule has 0 spiro atoms. The van der Waals surface area contributed by atoms with Crippen LogP contribution in [0, 0.1) is 0 Å². The number of pyridine rings is 1. The Hall–Kier alpha value is -1.50. The van der Waals surface area contributed by atoms with Gasteiger partial charge in [0.05, 0.1) is 21.7 Å². The van der Waals surface area contributed by atoms with Gasteiger partial charge in [-0.15, -0.1) is 0 Å². The van der Waals surface area contributed by atoms with Crippen LogP contribution in [0.1, 0.15) is 19.4 Å². The van der Waals surface area contributed by atoms with Crippen molar-refractivity contribution in [1.29, 1.82) is 0 Å². The van der Waals surface area contributed by atoms with Gasteiger partial charge in [-0.25, -0.2) is 4.98 Å². The monoisotopic (exact) mass is 349 g/mol. The molecular weight excluding hydrogens is 339 g/mol. The van der Waals surface area contributed by atoms with Crippen LogP contribution in [-0.4, -0.2) is 16.2 Å². The summed E-state index contributed by atoms with van der Waals surface area (Å²) >= 11 is 3.00. The summed E-state index contributed by atoms with van der Waals surface area (Å²) in [4.78, 5) is 3.99. The average Bonchev–Trinajstić information content (AvgIpc) is 2.28. The Balaban J connectivity index is 2.75. The molecule has 1 N–H and O–H groups in total. The van der Waals surface area contributed by atoms with Gasteiger partial charge in [0.15, 0.2) is 0 Å². The van der Waals surface area contributed by atoms with Gasteiger partial charge in [0, 0.05) is 17.5 Å². The van der Waals surface area contributed by atoms with Crippen LogP contribution in [0.5, 0.6) is 11.6 Å². The molecule has 7 heteroatoms. The minimum absolute atomic E-state index is 0.0242. The first-order valence-corrected chi connectivity index (χ1v) is 6.55. The molecule has 2 aromatic rings. The first-order valence-electron chi connectivity index (χ1n) is 5.75. The molecule has 0 radical (unpaired) electrons. The molecule has 0 atom stereocenters. The molecule has 0 saturated carbocycles. The Morgan fingerprint density at radius 1 is 1.25 bits per heavy atom. The van der Waals surface area contributed by atoms with Crippen LogP contribution < -0.4 is 4.74 Å². The summed E-state index contributed by atoms with van der Waals surface area (Å²) in [6.45, 7) is 3.39. The van der Waals surface area contributed by atoms with Crippen LogP contribution in [-0.2, 0) is 6.18 Å². The third kappa shape index (κ3) is 2.98. The van der Waals surface area contributed by atoms with E-state index in [0.717, 1.165) is 6.07 Å². The third-order valence-corrected chi connectivity index (χ3v) is 3.15. The molecule has 0 aliphatic rings. The second kappa shape index (κ2) is 5.12. The van der Waals surface area contributed by atoms with E-state index >= 15 is 0 Å². The molecule has 1 aromatic heterocycles. The zero-order valence-electron chi connectivity index (χ0n) is 10.6. The molecule has 0 amide bonds. The van der Waals surface area contributed by atoms with Gasteiger partial charge in [0.1, 0.15) is 5.75 Å². The number of phenolic OH excluding ortho intramolecular Hbond substituents is 1. The smallest absolute Gasteiger partial charge is 0.417 e.